The lowest BCUT2D eigenvalue weighted by Crippen LogP contribution is -2.48. The van der Waals surface area contributed by atoms with Crippen LogP contribution in [0.4, 0.5) is 4.79 Å². The Kier molecular flexibility index (Phi) is 6.45. The summed E-state index contributed by atoms with van der Waals surface area (Å²) in [6, 6.07) is -1.61. The largest absolute Gasteiger partial charge is 0.480 e. The number of hydrogen-bond acceptors (Lipinski definition) is 3. The number of urea groups is 1. The Hall–Kier alpha value is -1.79. The van der Waals surface area contributed by atoms with E-state index < -0.39 is 23.9 Å². The predicted molar refractivity (Wildman–Crippen MR) is 77.6 cm³/mol. The first-order valence-corrected chi connectivity index (χ1v) is 7.44. The summed E-state index contributed by atoms with van der Waals surface area (Å²) in [7, 11) is 0. The second-order valence-electron chi connectivity index (χ2n) is 5.78. The Morgan fingerprint density at radius 2 is 1.90 bits per heavy atom. The van der Waals surface area contributed by atoms with E-state index in [0.29, 0.717) is 6.54 Å². The smallest absolute Gasteiger partial charge is 0.326 e. The van der Waals surface area contributed by atoms with Crippen molar-refractivity contribution in [2.24, 2.45) is 11.1 Å². The number of carbonyl (C=O) groups is 3. The number of aliphatic carboxylic acids is 1. The van der Waals surface area contributed by atoms with Crippen LogP contribution in [0.3, 0.4) is 0 Å². The molecule has 21 heavy (non-hydrogen) atoms. The minimum Gasteiger partial charge on any atom is -0.480 e. The van der Waals surface area contributed by atoms with Gasteiger partial charge in [-0.05, 0) is 31.1 Å². The Labute approximate surface area is 124 Å². The molecule has 0 aliphatic heterocycles. The van der Waals surface area contributed by atoms with Gasteiger partial charge in [0.1, 0.15) is 6.04 Å². The lowest BCUT2D eigenvalue weighted by Gasteiger charge is -2.28. The van der Waals surface area contributed by atoms with Crippen LogP contribution >= 0.6 is 0 Å². The number of nitrogens with one attached hydrogen (secondary N) is 2. The van der Waals surface area contributed by atoms with Crippen LogP contribution in [-0.4, -0.2) is 35.6 Å². The van der Waals surface area contributed by atoms with Gasteiger partial charge >= 0.3 is 12.0 Å². The van der Waals surface area contributed by atoms with E-state index >= 15 is 0 Å². The number of primary amides is 1. The van der Waals surface area contributed by atoms with Gasteiger partial charge in [-0.3, -0.25) is 4.79 Å². The molecule has 7 heteroatoms. The van der Waals surface area contributed by atoms with Gasteiger partial charge < -0.3 is 21.5 Å². The Morgan fingerprint density at radius 1 is 1.29 bits per heavy atom. The molecule has 0 heterocycles. The van der Waals surface area contributed by atoms with Gasteiger partial charge in [-0.15, -0.1) is 0 Å². The van der Waals surface area contributed by atoms with Crippen LogP contribution in [0.1, 0.15) is 51.9 Å². The van der Waals surface area contributed by atoms with Crippen LogP contribution in [0.2, 0.25) is 0 Å². The van der Waals surface area contributed by atoms with E-state index in [2.05, 4.69) is 17.6 Å². The van der Waals surface area contributed by atoms with Crippen LogP contribution in [0.5, 0.6) is 0 Å². The summed E-state index contributed by atoms with van der Waals surface area (Å²) in [5.41, 5.74) is 5.13. The number of amides is 3. The highest BCUT2D eigenvalue weighted by Crippen LogP contribution is 2.40. The molecule has 120 valence electrons. The Bertz CT molecular complexity index is 392. The summed E-state index contributed by atoms with van der Waals surface area (Å²) in [4.78, 5) is 33.5. The third kappa shape index (κ3) is 5.61. The van der Waals surface area contributed by atoms with Gasteiger partial charge in [0.25, 0.3) is 0 Å². The number of hydrogen-bond donors (Lipinski definition) is 4. The Balaban J connectivity index is 2.42. The summed E-state index contributed by atoms with van der Waals surface area (Å²) < 4.78 is 0. The van der Waals surface area contributed by atoms with Gasteiger partial charge in [-0.1, -0.05) is 19.8 Å². The van der Waals surface area contributed by atoms with Crippen molar-refractivity contribution in [3.63, 3.8) is 0 Å². The molecule has 1 atom stereocenters. The molecule has 0 bridgehead atoms. The number of carboxylic acids is 1. The van der Waals surface area contributed by atoms with Crippen molar-refractivity contribution in [1.82, 2.24) is 10.6 Å². The molecule has 0 spiro atoms. The van der Waals surface area contributed by atoms with Crippen molar-refractivity contribution >= 4 is 17.9 Å². The molecule has 0 aromatic carbocycles. The third-order valence-electron chi connectivity index (χ3n) is 4.32. The zero-order valence-electron chi connectivity index (χ0n) is 12.5. The number of rotatable bonds is 8. The van der Waals surface area contributed by atoms with Gasteiger partial charge in [0.05, 0.1) is 0 Å². The molecular formula is C14H25N3O4. The van der Waals surface area contributed by atoms with Gasteiger partial charge in [0.15, 0.2) is 0 Å². The second-order valence-corrected chi connectivity index (χ2v) is 5.78. The quantitative estimate of drug-likeness (QED) is 0.533. The molecule has 1 saturated carbocycles. The van der Waals surface area contributed by atoms with Crippen molar-refractivity contribution in [2.75, 3.05) is 6.54 Å². The van der Waals surface area contributed by atoms with Crippen LogP contribution in [0, 0.1) is 5.41 Å². The molecule has 3 amide bonds. The summed E-state index contributed by atoms with van der Waals surface area (Å²) in [5, 5.41) is 14.2. The molecule has 1 fully saturated rings. The lowest BCUT2D eigenvalue weighted by molar-refractivity contribution is -0.139. The van der Waals surface area contributed by atoms with Crippen molar-refractivity contribution in [1.29, 1.82) is 0 Å². The summed E-state index contributed by atoms with van der Waals surface area (Å²) in [6.07, 6.45) is 5.45. The van der Waals surface area contributed by atoms with Crippen molar-refractivity contribution in [3.8, 4) is 0 Å². The summed E-state index contributed by atoms with van der Waals surface area (Å²) in [5.74, 6) is -1.75. The monoisotopic (exact) mass is 299 g/mol. The third-order valence-corrected chi connectivity index (χ3v) is 4.32. The highest BCUT2D eigenvalue weighted by Gasteiger charge is 2.32. The molecule has 7 nitrogen and oxygen atoms in total. The summed E-state index contributed by atoms with van der Waals surface area (Å²) >= 11 is 0. The SMILES string of the molecule is CCC1(CNC(=O)NC(CCC(N)=O)C(=O)O)CCCC1. The zero-order chi connectivity index (χ0) is 15.9. The number of carbonyl (C=O) groups excluding carboxylic acids is 2. The molecule has 0 aromatic rings. The highest BCUT2D eigenvalue weighted by molar-refractivity contribution is 5.83. The van der Waals surface area contributed by atoms with E-state index in [1.807, 2.05) is 0 Å². The van der Waals surface area contributed by atoms with Crippen molar-refractivity contribution in [3.05, 3.63) is 0 Å². The van der Waals surface area contributed by atoms with Crippen LogP contribution in [0.15, 0.2) is 0 Å². The maximum absolute atomic E-state index is 11.8. The Morgan fingerprint density at radius 3 is 2.38 bits per heavy atom. The molecule has 1 unspecified atom stereocenters. The molecule has 0 saturated heterocycles. The van der Waals surface area contributed by atoms with E-state index in [-0.39, 0.29) is 18.3 Å². The second kappa shape index (κ2) is 7.85. The highest BCUT2D eigenvalue weighted by atomic mass is 16.4. The standard InChI is InChI=1S/C14H25N3O4/c1-2-14(7-3-4-8-14)9-16-13(21)17-10(12(19)20)5-6-11(15)18/h10H,2-9H2,1H3,(H2,15,18)(H,19,20)(H2,16,17,21). The van der Waals surface area contributed by atoms with E-state index in [4.69, 9.17) is 10.8 Å². The van der Waals surface area contributed by atoms with Crippen LogP contribution in [0.25, 0.3) is 0 Å². The van der Waals surface area contributed by atoms with Gasteiger partial charge in [0.2, 0.25) is 5.91 Å². The van der Waals surface area contributed by atoms with Crippen molar-refractivity contribution < 1.29 is 19.5 Å². The van der Waals surface area contributed by atoms with E-state index in [1.165, 1.54) is 12.8 Å². The molecule has 5 N–H and O–H groups in total. The van der Waals surface area contributed by atoms with Crippen molar-refractivity contribution in [2.45, 2.75) is 57.9 Å². The zero-order valence-corrected chi connectivity index (χ0v) is 12.5. The molecule has 1 rings (SSSR count). The topological polar surface area (TPSA) is 122 Å². The molecule has 0 aromatic heterocycles. The minimum absolute atomic E-state index is 0.00297. The predicted octanol–water partition coefficient (Wildman–Crippen LogP) is 0.975. The van der Waals surface area contributed by atoms with E-state index in [9.17, 15) is 14.4 Å². The average Bonchev–Trinajstić information content (AvgIpc) is 2.90. The van der Waals surface area contributed by atoms with Gasteiger partial charge in [-0.25, -0.2) is 9.59 Å². The first-order chi connectivity index (χ1) is 9.88. The van der Waals surface area contributed by atoms with Crippen LogP contribution < -0.4 is 16.4 Å². The molecule has 1 aliphatic carbocycles. The lowest BCUT2D eigenvalue weighted by atomic mass is 9.83. The number of carboxylic acid groups (broad SMARTS) is 1. The normalized spacial score (nSPS) is 18.0. The maximum Gasteiger partial charge on any atom is 0.326 e. The fraction of sp³-hybridized carbons (Fsp3) is 0.786. The first-order valence-electron chi connectivity index (χ1n) is 7.44. The molecular weight excluding hydrogens is 274 g/mol. The van der Waals surface area contributed by atoms with E-state index in [1.54, 1.807) is 0 Å². The van der Waals surface area contributed by atoms with Gasteiger partial charge in [0, 0.05) is 13.0 Å². The molecule has 1 aliphatic rings. The van der Waals surface area contributed by atoms with E-state index in [0.717, 1.165) is 19.3 Å². The maximum atomic E-state index is 11.8. The van der Waals surface area contributed by atoms with Crippen LogP contribution in [-0.2, 0) is 9.59 Å². The summed E-state index contributed by atoms with van der Waals surface area (Å²) in [6.45, 7) is 2.66. The first kappa shape index (κ1) is 17.3. The average molecular weight is 299 g/mol. The molecule has 0 radical (unpaired) electrons. The number of nitrogens with two attached hydrogens (primary N) is 1. The fourth-order valence-corrected chi connectivity index (χ4v) is 2.80. The van der Waals surface area contributed by atoms with Gasteiger partial charge in [-0.2, -0.15) is 0 Å². The fourth-order valence-electron chi connectivity index (χ4n) is 2.80. The minimum atomic E-state index is -1.17.